The van der Waals surface area contributed by atoms with Gasteiger partial charge in [0.25, 0.3) is 0 Å². The average Bonchev–Trinajstić information content (AvgIpc) is 3.15. The number of amides is 1. The topological polar surface area (TPSA) is 60.5 Å². The molecule has 1 saturated heterocycles. The van der Waals surface area contributed by atoms with Crippen molar-refractivity contribution in [3.8, 4) is 6.07 Å². The summed E-state index contributed by atoms with van der Waals surface area (Å²) in [6.45, 7) is 1.05. The maximum absolute atomic E-state index is 13.2. The van der Waals surface area contributed by atoms with Gasteiger partial charge in [0, 0.05) is 12.3 Å². The number of halogens is 1. The van der Waals surface area contributed by atoms with Crippen LogP contribution in [-0.4, -0.2) is 28.3 Å². The first-order valence-corrected chi connectivity index (χ1v) is 9.22. The molecule has 5 nitrogen and oxygen atoms in total. The average molecular weight is 369 g/mol. The number of thioether (sulfide) groups is 1. The Balaban J connectivity index is 1.60. The highest BCUT2D eigenvalue weighted by Crippen LogP contribution is 2.42. The van der Waals surface area contributed by atoms with Crippen LogP contribution in [0.15, 0.2) is 57.7 Å². The molecule has 1 unspecified atom stereocenters. The van der Waals surface area contributed by atoms with Crippen LogP contribution in [-0.2, 0) is 11.3 Å². The van der Waals surface area contributed by atoms with Crippen molar-refractivity contribution in [1.29, 1.82) is 5.26 Å². The highest BCUT2D eigenvalue weighted by atomic mass is 32.2. The normalized spacial score (nSPS) is 20.8. The van der Waals surface area contributed by atoms with Crippen LogP contribution in [0.25, 0.3) is 0 Å². The van der Waals surface area contributed by atoms with Crippen molar-refractivity contribution in [3.05, 3.63) is 70.4 Å². The summed E-state index contributed by atoms with van der Waals surface area (Å²) in [6, 6.07) is 12.1. The number of carbonyl (C=O) groups is 1. The quantitative estimate of drug-likeness (QED) is 0.827. The van der Waals surface area contributed by atoms with Crippen LogP contribution in [0.5, 0.6) is 0 Å². The summed E-state index contributed by atoms with van der Waals surface area (Å²) in [4.78, 5) is 16.5. The standard InChI is InChI=1S/C19H16FN3O2S/c20-14-5-3-13(4-6-14)16-8-18(24)23-11-22(10-15-2-1-7-25-15)12-26-19(23)17(16)9-21/h1-7,16H,8,10-12H2. The molecule has 2 aliphatic rings. The van der Waals surface area contributed by atoms with Crippen molar-refractivity contribution in [2.24, 2.45) is 0 Å². The molecule has 0 saturated carbocycles. The molecule has 1 aromatic carbocycles. The molecule has 2 aliphatic heterocycles. The Morgan fingerprint density at radius 2 is 2.12 bits per heavy atom. The van der Waals surface area contributed by atoms with Gasteiger partial charge in [-0.3, -0.25) is 14.6 Å². The van der Waals surface area contributed by atoms with E-state index in [0.29, 0.717) is 29.7 Å². The second kappa shape index (κ2) is 6.98. The molecule has 2 aromatic rings. The van der Waals surface area contributed by atoms with Gasteiger partial charge in [0.2, 0.25) is 5.91 Å². The van der Waals surface area contributed by atoms with E-state index in [4.69, 9.17) is 4.42 Å². The molecule has 0 aliphatic carbocycles. The summed E-state index contributed by atoms with van der Waals surface area (Å²) in [5.74, 6) is 0.839. The molecular weight excluding hydrogens is 353 g/mol. The number of fused-ring (bicyclic) bond motifs is 1. The van der Waals surface area contributed by atoms with E-state index in [-0.39, 0.29) is 24.1 Å². The summed E-state index contributed by atoms with van der Waals surface area (Å²) in [6.07, 6.45) is 1.85. The number of hydrogen-bond acceptors (Lipinski definition) is 5. The van der Waals surface area contributed by atoms with Crippen LogP contribution in [0.3, 0.4) is 0 Å². The number of benzene rings is 1. The van der Waals surface area contributed by atoms with Gasteiger partial charge in [0.05, 0.1) is 42.0 Å². The van der Waals surface area contributed by atoms with E-state index >= 15 is 0 Å². The van der Waals surface area contributed by atoms with Crippen molar-refractivity contribution in [3.63, 3.8) is 0 Å². The molecule has 26 heavy (non-hydrogen) atoms. The lowest BCUT2D eigenvalue weighted by Gasteiger charge is -2.41. The number of hydrogen-bond donors (Lipinski definition) is 0. The van der Waals surface area contributed by atoms with E-state index in [1.165, 1.54) is 23.9 Å². The molecule has 132 valence electrons. The van der Waals surface area contributed by atoms with E-state index in [1.807, 2.05) is 12.1 Å². The van der Waals surface area contributed by atoms with Gasteiger partial charge in [-0.2, -0.15) is 5.26 Å². The van der Waals surface area contributed by atoms with Crippen LogP contribution in [0.2, 0.25) is 0 Å². The lowest BCUT2D eigenvalue weighted by atomic mass is 9.86. The maximum Gasteiger partial charge on any atom is 0.229 e. The molecule has 0 spiro atoms. The Bertz CT molecular complexity index is 887. The molecular formula is C19H16FN3O2S. The van der Waals surface area contributed by atoms with Crippen LogP contribution in [0.4, 0.5) is 4.39 Å². The first-order valence-electron chi connectivity index (χ1n) is 8.23. The minimum absolute atomic E-state index is 0.0232. The van der Waals surface area contributed by atoms with Gasteiger partial charge in [0.15, 0.2) is 0 Å². The van der Waals surface area contributed by atoms with Gasteiger partial charge < -0.3 is 4.42 Å². The maximum atomic E-state index is 13.2. The second-order valence-electron chi connectivity index (χ2n) is 6.28. The van der Waals surface area contributed by atoms with Gasteiger partial charge >= 0.3 is 0 Å². The minimum Gasteiger partial charge on any atom is -0.468 e. The van der Waals surface area contributed by atoms with Crippen molar-refractivity contribution < 1.29 is 13.6 Å². The molecule has 1 amide bonds. The fraction of sp³-hybridized carbons (Fsp3) is 0.263. The third kappa shape index (κ3) is 3.14. The number of allylic oxidation sites excluding steroid dienone is 1. The molecule has 0 bridgehead atoms. The molecule has 0 radical (unpaired) electrons. The van der Waals surface area contributed by atoms with Crippen molar-refractivity contribution in [1.82, 2.24) is 9.80 Å². The molecule has 1 aromatic heterocycles. The Morgan fingerprint density at radius 1 is 1.31 bits per heavy atom. The molecule has 1 atom stereocenters. The highest BCUT2D eigenvalue weighted by molar-refractivity contribution is 8.03. The summed E-state index contributed by atoms with van der Waals surface area (Å²) in [7, 11) is 0. The fourth-order valence-electron chi connectivity index (χ4n) is 3.31. The predicted molar refractivity (Wildman–Crippen MR) is 94.8 cm³/mol. The van der Waals surface area contributed by atoms with E-state index in [1.54, 1.807) is 23.3 Å². The fourth-order valence-corrected chi connectivity index (χ4v) is 4.45. The number of carbonyl (C=O) groups excluding carboxylic acids is 1. The van der Waals surface area contributed by atoms with Gasteiger partial charge in [0.1, 0.15) is 11.6 Å². The van der Waals surface area contributed by atoms with Gasteiger partial charge in [-0.1, -0.05) is 23.9 Å². The SMILES string of the molecule is N#CC1=C2SCN(Cc3ccco3)CN2C(=O)CC1c1ccc(F)cc1. The second-order valence-corrected chi connectivity index (χ2v) is 7.22. The van der Waals surface area contributed by atoms with Crippen LogP contribution >= 0.6 is 11.8 Å². The number of nitriles is 1. The van der Waals surface area contributed by atoms with Crippen LogP contribution in [0, 0.1) is 17.1 Å². The summed E-state index contributed by atoms with van der Waals surface area (Å²) in [5.41, 5.74) is 1.38. The van der Waals surface area contributed by atoms with E-state index < -0.39 is 0 Å². The molecule has 1 fully saturated rings. The van der Waals surface area contributed by atoms with Gasteiger partial charge in [-0.15, -0.1) is 0 Å². The van der Waals surface area contributed by atoms with E-state index in [0.717, 1.165) is 11.3 Å². The summed E-state index contributed by atoms with van der Waals surface area (Å²) < 4.78 is 18.6. The minimum atomic E-state index is -0.329. The Morgan fingerprint density at radius 3 is 2.81 bits per heavy atom. The van der Waals surface area contributed by atoms with Crippen molar-refractivity contribution >= 4 is 17.7 Å². The van der Waals surface area contributed by atoms with Gasteiger partial charge in [-0.25, -0.2) is 4.39 Å². The monoisotopic (exact) mass is 369 g/mol. The van der Waals surface area contributed by atoms with Gasteiger partial charge in [-0.05, 0) is 29.8 Å². The third-order valence-corrected chi connectivity index (χ3v) is 5.79. The largest absolute Gasteiger partial charge is 0.468 e. The predicted octanol–water partition coefficient (Wildman–Crippen LogP) is 3.63. The molecule has 3 heterocycles. The summed E-state index contributed by atoms with van der Waals surface area (Å²) in [5, 5.41) is 10.4. The first kappa shape index (κ1) is 16.9. The lowest BCUT2D eigenvalue weighted by molar-refractivity contribution is -0.132. The molecule has 4 rings (SSSR count). The number of furan rings is 1. The Labute approximate surface area is 154 Å². The van der Waals surface area contributed by atoms with Crippen molar-refractivity contribution in [2.75, 3.05) is 12.5 Å². The van der Waals surface area contributed by atoms with Crippen LogP contribution in [0.1, 0.15) is 23.7 Å². The van der Waals surface area contributed by atoms with Crippen LogP contribution < -0.4 is 0 Å². The number of nitrogens with zero attached hydrogens (tertiary/aromatic N) is 3. The van der Waals surface area contributed by atoms with E-state index in [2.05, 4.69) is 11.0 Å². The Kier molecular flexibility index (Phi) is 4.53. The zero-order valence-corrected chi connectivity index (χ0v) is 14.7. The highest BCUT2D eigenvalue weighted by Gasteiger charge is 2.38. The number of rotatable bonds is 3. The summed E-state index contributed by atoms with van der Waals surface area (Å²) >= 11 is 1.49. The zero-order valence-electron chi connectivity index (χ0n) is 13.9. The van der Waals surface area contributed by atoms with Crippen molar-refractivity contribution in [2.45, 2.75) is 18.9 Å². The molecule has 0 N–H and O–H groups in total. The smallest absolute Gasteiger partial charge is 0.229 e. The zero-order chi connectivity index (χ0) is 18.1. The molecule has 7 heteroatoms. The first-order chi connectivity index (χ1) is 12.7. The third-order valence-electron chi connectivity index (χ3n) is 4.58. The van der Waals surface area contributed by atoms with E-state index in [9.17, 15) is 14.4 Å². The lowest BCUT2D eigenvalue weighted by Crippen LogP contribution is -2.46. The Hall–Kier alpha value is -2.56.